The second kappa shape index (κ2) is 17.9. The molecule has 6 rings (SSSR count). The summed E-state index contributed by atoms with van der Waals surface area (Å²) in [5.74, 6) is 0.893. The number of amides is 3. The molecule has 0 radical (unpaired) electrons. The monoisotopic (exact) mass is 892 g/mol. The maximum Gasteiger partial charge on any atom is 0.411 e. The van der Waals surface area contributed by atoms with Crippen LogP contribution in [-0.2, 0) is 20.8 Å². The molecule has 13 nitrogen and oxygen atoms in total. The minimum Gasteiger partial charge on any atom is -0.493 e. The SMILES string of the molecule is COc1ccc(CN(C(=O)C2=C(c3cnc(OCCOc4c(Cl)cc(C)cc4Cl)s3)CC3CN(C(=O)OC(C)(C)C)CC2N3C(=O)OC(C)(C)C)C2CC2)c(Cl)c1OC. The number of carbonyl (C=O) groups excluding carboxylic acids is 3. The number of methoxy groups -OCH3 is 2. The summed E-state index contributed by atoms with van der Waals surface area (Å²) in [4.78, 5) is 53.5. The van der Waals surface area contributed by atoms with E-state index in [0.29, 0.717) is 59.1 Å². The van der Waals surface area contributed by atoms with Crippen molar-refractivity contribution in [3.05, 3.63) is 67.1 Å². The van der Waals surface area contributed by atoms with Crippen molar-refractivity contribution in [2.75, 3.05) is 40.5 Å². The molecule has 1 aliphatic carbocycles. The number of hydrogen-bond acceptors (Lipinski definition) is 11. The predicted molar refractivity (Wildman–Crippen MR) is 227 cm³/mol. The summed E-state index contributed by atoms with van der Waals surface area (Å²) in [5, 5.41) is 1.48. The van der Waals surface area contributed by atoms with Crippen LogP contribution in [0.15, 0.2) is 36.0 Å². The quantitative estimate of drug-likeness (QED) is 0.162. The second-order valence-electron chi connectivity index (χ2n) is 16.7. The smallest absolute Gasteiger partial charge is 0.411 e. The number of piperazine rings is 1. The molecule has 320 valence electrons. The topological polar surface area (TPSA) is 129 Å². The van der Waals surface area contributed by atoms with E-state index in [0.717, 1.165) is 18.4 Å². The summed E-state index contributed by atoms with van der Waals surface area (Å²) in [6.07, 6.45) is 2.35. The lowest BCUT2D eigenvalue weighted by molar-refractivity contribution is -0.129. The van der Waals surface area contributed by atoms with Crippen LogP contribution in [0.1, 0.15) is 76.8 Å². The normalized spacial score (nSPS) is 18.0. The van der Waals surface area contributed by atoms with E-state index >= 15 is 4.79 Å². The van der Waals surface area contributed by atoms with Crippen molar-refractivity contribution in [3.63, 3.8) is 0 Å². The molecule has 2 atom stereocenters. The summed E-state index contributed by atoms with van der Waals surface area (Å²) in [7, 11) is 3.04. The molecule has 2 aromatic carbocycles. The maximum atomic E-state index is 15.4. The van der Waals surface area contributed by atoms with Gasteiger partial charge in [-0.15, -0.1) is 0 Å². The van der Waals surface area contributed by atoms with Crippen molar-refractivity contribution >= 4 is 69.8 Å². The number of rotatable bonds is 12. The van der Waals surface area contributed by atoms with Crippen LogP contribution >= 0.6 is 46.1 Å². The van der Waals surface area contributed by atoms with Gasteiger partial charge < -0.3 is 38.2 Å². The van der Waals surface area contributed by atoms with Crippen molar-refractivity contribution in [1.82, 2.24) is 19.7 Å². The largest absolute Gasteiger partial charge is 0.493 e. The number of aryl methyl sites for hydroxylation is 1. The Hall–Kier alpha value is -4.11. The van der Waals surface area contributed by atoms with E-state index in [2.05, 4.69) is 4.98 Å². The predicted octanol–water partition coefficient (Wildman–Crippen LogP) is 9.46. The van der Waals surface area contributed by atoms with Crippen LogP contribution in [0.3, 0.4) is 0 Å². The standard InChI is InChI=1S/C42H51Cl3N4O9S/c1-23-16-28(43)35(29(44)17-23)55-14-15-56-38-46-19-32(59-38)27-18-26-21-47(39(51)57-41(2,3)4)22-30(49(26)40(52)58-42(5,6)7)33(27)37(50)48(25-11-12-25)20-24-10-13-31(53-8)36(54-9)34(24)45/h10,13,16-17,19,25-26,30H,11-12,14-15,18,20-22H2,1-9H3. The van der Waals surface area contributed by atoms with Crippen LogP contribution in [0.25, 0.3) is 5.57 Å². The Labute approximate surface area is 364 Å². The van der Waals surface area contributed by atoms with Gasteiger partial charge in [0.2, 0.25) is 0 Å². The van der Waals surface area contributed by atoms with Crippen molar-refractivity contribution in [1.29, 1.82) is 0 Å². The molecule has 3 amide bonds. The lowest BCUT2D eigenvalue weighted by atomic mass is 9.83. The van der Waals surface area contributed by atoms with E-state index in [1.165, 1.54) is 25.6 Å². The summed E-state index contributed by atoms with van der Waals surface area (Å²) in [5.41, 5.74) is 1.05. The van der Waals surface area contributed by atoms with Crippen LogP contribution in [-0.4, -0.2) is 108 Å². The summed E-state index contributed by atoms with van der Waals surface area (Å²) in [6, 6.07) is 5.57. The Morgan fingerprint density at radius 3 is 2.14 bits per heavy atom. The molecular weight excluding hydrogens is 843 g/mol. The molecule has 59 heavy (non-hydrogen) atoms. The fraction of sp³-hybridized carbons (Fsp3) is 0.524. The van der Waals surface area contributed by atoms with Gasteiger partial charge >= 0.3 is 12.2 Å². The number of aromatic nitrogens is 1. The first-order chi connectivity index (χ1) is 27.8. The van der Waals surface area contributed by atoms with E-state index in [-0.39, 0.29) is 51.2 Å². The molecule has 2 unspecified atom stereocenters. The van der Waals surface area contributed by atoms with E-state index in [9.17, 15) is 9.59 Å². The highest BCUT2D eigenvalue weighted by molar-refractivity contribution is 7.14. The van der Waals surface area contributed by atoms with E-state index in [4.69, 9.17) is 63.2 Å². The Kier molecular flexibility index (Phi) is 13.4. The number of hydrogen-bond donors (Lipinski definition) is 0. The van der Waals surface area contributed by atoms with Crippen LogP contribution in [0.2, 0.25) is 15.1 Å². The molecule has 3 heterocycles. The Morgan fingerprint density at radius 2 is 1.53 bits per heavy atom. The number of nitrogens with zero attached hydrogens (tertiary/aromatic N) is 4. The molecule has 3 aliphatic rings. The number of thiazole rings is 1. The summed E-state index contributed by atoms with van der Waals surface area (Å²) in [6.45, 7) is 13.3. The fourth-order valence-electron chi connectivity index (χ4n) is 7.18. The summed E-state index contributed by atoms with van der Waals surface area (Å²) >= 11 is 20.9. The average molecular weight is 894 g/mol. The number of ether oxygens (including phenoxy) is 6. The Bertz CT molecular complexity index is 2090. The lowest BCUT2D eigenvalue weighted by Gasteiger charge is -2.51. The molecule has 2 bridgehead atoms. The summed E-state index contributed by atoms with van der Waals surface area (Å²) < 4.78 is 34.7. The van der Waals surface area contributed by atoms with Crippen molar-refractivity contribution in [3.8, 4) is 22.4 Å². The van der Waals surface area contributed by atoms with Gasteiger partial charge in [0.1, 0.15) is 24.4 Å². The number of benzene rings is 2. The number of halogens is 3. The third-order valence-electron chi connectivity index (χ3n) is 9.77. The van der Waals surface area contributed by atoms with E-state index in [1.807, 2.05) is 13.0 Å². The highest BCUT2D eigenvalue weighted by atomic mass is 35.5. The number of carbonyl (C=O) groups is 3. The van der Waals surface area contributed by atoms with Gasteiger partial charge in [-0.3, -0.25) is 9.69 Å². The molecule has 0 N–H and O–H groups in total. The first-order valence-corrected chi connectivity index (χ1v) is 21.3. The molecule has 1 saturated carbocycles. The molecule has 2 aliphatic heterocycles. The average Bonchev–Trinajstić information content (AvgIpc) is 3.87. The first kappa shape index (κ1) is 44.4. The fourth-order valence-corrected chi connectivity index (χ4v) is 9.04. The molecule has 1 saturated heterocycles. The minimum atomic E-state index is -0.890. The molecular formula is C42H51Cl3N4O9S. The first-order valence-electron chi connectivity index (χ1n) is 19.4. The highest BCUT2D eigenvalue weighted by Gasteiger charge is 2.51. The van der Waals surface area contributed by atoms with Gasteiger partial charge in [-0.1, -0.05) is 52.2 Å². The molecule has 2 fully saturated rings. The lowest BCUT2D eigenvalue weighted by Crippen LogP contribution is -2.66. The van der Waals surface area contributed by atoms with Gasteiger partial charge in [0.25, 0.3) is 11.1 Å². The zero-order valence-electron chi connectivity index (χ0n) is 34.8. The molecule has 3 aromatic rings. The molecule has 17 heteroatoms. The van der Waals surface area contributed by atoms with Crippen LogP contribution in [0.4, 0.5) is 9.59 Å². The van der Waals surface area contributed by atoms with Crippen LogP contribution in [0, 0.1) is 6.92 Å². The van der Waals surface area contributed by atoms with E-state index < -0.39 is 35.5 Å². The van der Waals surface area contributed by atoms with Gasteiger partial charge in [-0.2, -0.15) is 0 Å². The third kappa shape index (κ3) is 10.4. The Morgan fingerprint density at radius 1 is 0.881 bits per heavy atom. The molecule has 0 spiro atoms. The minimum absolute atomic E-state index is 0.00548. The van der Waals surface area contributed by atoms with Gasteiger partial charge in [-0.25, -0.2) is 14.6 Å². The van der Waals surface area contributed by atoms with Crippen LogP contribution in [0.5, 0.6) is 22.4 Å². The second-order valence-corrected chi connectivity index (χ2v) is 18.9. The van der Waals surface area contributed by atoms with E-state index in [1.54, 1.807) is 80.6 Å². The number of fused-ring (bicyclic) bond motifs is 2. The highest BCUT2D eigenvalue weighted by Crippen LogP contribution is 2.45. The molecule has 1 aromatic heterocycles. The Balaban J connectivity index is 1.38. The van der Waals surface area contributed by atoms with Crippen molar-refractivity contribution in [2.45, 2.75) is 104 Å². The van der Waals surface area contributed by atoms with Gasteiger partial charge in [0.05, 0.1) is 46.2 Å². The maximum absolute atomic E-state index is 15.4. The van der Waals surface area contributed by atoms with Crippen molar-refractivity contribution < 1.29 is 42.8 Å². The van der Waals surface area contributed by atoms with Gasteiger partial charge in [-0.05, 0) is 103 Å². The van der Waals surface area contributed by atoms with Crippen molar-refractivity contribution in [2.24, 2.45) is 0 Å². The third-order valence-corrected chi connectivity index (χ3v) is 11.7. The zero-order chi connectivity index (χ0) is 43.0. The zero-order valence-corrected chi connectivity index (χ0v) is 37.9. The van der Waals surface area contributed by atoms with Gasteiger partial charge in [0.15, 0.2) is 17.2 Å². The van der Waals surface area contributed by atoms with Gasteiger partial charge in [0, 0.05) is 37.4 Å². The van der Waals surface area contributed by atoms with Crippen LogP contribution < -0.4 is 18.9 Å².